The van der Waals surface area contributed by atoms with Gasteiger partial charge in [-0.3, -0.25) is 4.98 Å². The van der Waals surface area contributed by atoms with E-state index in [0.29, 0.717) is 5.69 Å². The minimum atomic E-state index is -0.720. The predicted molar refractivity (Wildman–Crippen MR) is 70.5 cm³/mol. The standard InChI is InChI=1S/C15H17NO2/c1-11(2)18-13-7-5-6-12(10-13)15(17)14-8-3-4-9-16-14/h3-11,15,17H,1-2H3/t15-/m0/s1. The fourth-order valence-electron chi connectivity index (χ4n) is 1.74. The topological polar surface area (TPSA) is 42.4 Å². The molecule has 0 spiro atoms. The largest absolute Gasteiger partial charge is 0.491 e. The number of pyridine rings is 1. The summed E-state index contributed by atoms with van der Waals surface area (Å²) in [5.41, 5.74) is 1.42. The Bertz CT molecular complexity index is 497. The van der Waals surface area contributed by atoms with E-state index in [1.54, 1.807) is 12.3 Å². The number of hydrogen-bond donors (Lipinski definition) is 1. The van der Waals surface area contributed by atoms with Crippen LogP contribution in [0.15, 0.2) is 48.7 Å². The van der Waals surface area contributed by atoms with Gasteiger partial charge in [0.25, 0.3) is 0 Å². The van der Waals surface area contributed by atoms with E-state index >= 15 is 0 Å². The van der Waals surface area contributed by atoms with Gasteiger partial charge in [-0.05, 0) is 43.7 Å². The Balaban J connectivity index is 2.23. The zero-order valence-corrected chi connectivity index (χ0v) is 10.6. The zero-order chi connectivity index (χ0) is 13.0. The van der Waals surface area contributed by atoms with Crippen LogP contribution in [0.2, 0.25) is 0 Å². The zero-order valence-electron chi connectivity index (χ0n) is 10.6. The van der Waals surface area contributed by atoms with E-state index < -0.39 is 6.10 Å². The fourth-order valence-corrected chi connectivity index (χ4v) is 1.74. The van der Waals surface area contributed by atoms with Crippen LogP contribution in [0.4, 0.5) is 0 Å². The molecule has 18 heavy (non-hydrogen) atoms. The maximum absolute atomic E-state index is 10.2. The molecule has 0 unspecified atom stereocenters. The summed E-state index contributed by atoms with van der Waals surface area (Å²) in [5.74, 6) is 0.762. The molecule has 1 aromatic heterocycles. The van der Waals surface area contributed by atoms with Gasteiger partial charge >= 0.3 is 0 Å². The van der Waals surface area contributed by atoms with Gasteiger partial charge < -0.3 is 9.84 Å². The smallest absolute Gasteiger partial charge is 0.121 e. The maximum Gasteiger partial charge on any atom is 0.121 e. The summed E-state index contributed by atoms with van der Waals surface area (Å²) in [6.07, 6.45) is 1.07. The molecule has 1 N–H and O–H groups in total. The van der Waals surface area contributed by atoms with E-state index in [9.17, 15) is 5.11 Å². The molecule has 0 radical (unpaired) electrons. The Morgan fingerprint density at radius 3 is 2.61 bits per heavy atom. The number of benzene rings is 1. The molecule has 2 aromatic rings. The van der Waals surface area contributed by atoms with Crippen molar-refractivity contribution in [3.63, 3.8) is 0 Å². The first-order valence-electron chi connectivity index (χ1n) is 6.02. The molecular weight excluding hydrogens is 226 g/mol. The van der Waals surface area contributed by atoms with Crippen LogP contribution in [0.25, 0.3) is 0 Å². The highest BCUT2D eigenvalue weighted by Crippen LogP contribution is 2.24. The normalized spacial score (nSPS) is 12.4. The third kappa shape index (κ3) is 3.08. The second kappa shape index (κ2) is 5.65. The van der Waals surface area contributed by atoms with E-state index in [2.05, 4.69) is 4.98 Å². The third-order valence-corrected chi connectivity index (χ3v) is 2.51. The first-order valence-corrected chi connectivity index (χ1v) is 6.02. The van der Waals surface area contributed by atoms with E-state index in [1.807, 2.05) is 50.2 Å². The van der Waals surface area contributed by atoms with Crippen LogP contribution in [-0.4, -0.2) is 16.2 Å². The number of aliphatic hydroxyl groups excluding tert-OH is 1. The molecule has 1 atom stereocenters. The predicted octanol–water partition coefficient (Wildman–Crippen LogP) is 2.95. The lowest BCUT2D eigenvalue weighted by atomic mass is 10.1. The van der Waals surface area contributed by atoms with Gasteiger partial charge in [0.2, 0.25) is 0 Å². The molecule has 0 fully saturated rings. The third-order valence-electron chi connectivity index (χ3n) is 2.51. The lowest BCUT2D eigenvalue weighted by Gasteiger charge is -2.14. The molecule has 3 heteroatoms. The average Bonchev–Trinajstić information content (AvgIpc) is 2.38. The van der Waals surface area contributed by atoms with Crippen LogP contribution in [-0.2, 0) is 0 Å². The summed E-state index contributed by atoms with van der Waals surface area (Å²) in [6, 6.07) is 13.0. The number of aromatic nitrogens is 1. The van der Waals surface area contributed by atoms with Crippen LogP contribution in [0, 0.1) is 0 Å². The molecule has 0 bridgehead atoms. The van der Waals surface area contributed by atoms with Crippen molar-refractivity contribution < 1.29 is 9.84 Å². The van der Waals surface area contributed by atoms with Gasteiger partial charge in [0.05, 0.1) is 11.8 Å². The van der Waals surface area contributed by atoms with Gasteiger partial charge in [-0.1, -0.05) is 18.2 Å². The van der Waals surface area contributed by atoms with Crippen LogP contribution in [0.5, 0.6) is 5.75 Å². The van der Waals surface area contributed by atoms with Crippen LogP contribution in [0.3, 0.4) is 0 Å². The number of ether oxygens (including phenoxy) is 1. The molecule has 1 aromatic carbocycles. The van der Waals surface area contributed by atoms with Crippen LogP contribution >= 0.6 is 0 Å². The summed E-state index contributed by atoms with van der Waals surface area (Å²) in [4.78, 5) is 4.15. The fraction of sp³-hybridized carbons (Fsp3) is 0.267. The van der Waals surface area contributed by atoms with Crippen molar-refractivity contribution in [2.75, 3.05) is 0 Å². The molecule has 0 saturated carbocycles. The monoisotopic (exact) mass is 243 g/mol. The molecule has 0 amide bonds. The Morgan fingerprint density at radius 1 is 1.11 bits per heavy atom. The second-order valence-corrected chi connectivity index (χ2v) is 4.40. The van der Waals surface area contributed by atoms with E-state index in [-0.39, 0.29) is 6.10 Å². The van der Waals surface area contributed by atoms with E-state index in [1.165, 1.54) is 0 Å². The summed E-state index contributed by atoms with van der Waals surface area (Å²) in [6.45, 7) is 3.95. The van der Waals surface area contributed by atoms with Crippen molar-refractivity contribution in [2.24, 2.45) is 0 Å². The van der Waals surface area contributed by atoms with Gasteiger partial charge in [0.1, 0.15) is 11.9 Å². The molecule has 0 aliphatic rings. The van der Waals surface area contributed by atoms with Crippen molar-refractivity contribution in [1.82, 2.24) is 4.98 Å². The Morgan fingerprint density at radius 2 is 1.94 bits per heavy atom. The highest BCUT2D eigenvalue weighted by atomic mass is 16.5. The second-order valence-electron chi connectivity index (χ2n) is 4.40. The number of nitrogens with zero attached hydrogens (tertiary/aromatic N) is 1. The minimum Gasteiger partial charge on any atom is -0.491 e. The maximum atomic E-state index is 10.2. The van der Waals surface area contributed by atoms with Gasteiger partial charge in [-0.15, -0.1) is 0 Å². The molecule has 94 valence electrons. The van der Waals surface area contributed by atoms with Crippen LogP contribution in [0.1, 0.15) is 31.2 Å². The van der Waals surface area contributed by atoms with Crippen molar-refractivity contribution in [3.05, 3.63) is 59.9 Å². The van der Waals surface area contributed by atoms with Gasteiger partial charge in [0.15, 0.2) is 0 Å². The molecule has 3 nitrogen and oxygen atoms in total. The van der Waals surface area contributed by atoms with Gasteiger partial charge in [-0.25, -0.2) is 0 Å². The lowest BCUT2D eigenvalue weighted by Crippen LogP contribution is -2.07. The number of rotatable bonds is 4. The summed E-state index contributed by atoms with van der Waals surface area (Å²) >= 11 is 0. The quantitative estimate of drug-likeness (QED) is 0.897. The minimum absolute atomic E-state index is 0.118. The molecule has 0 aliphatic heterocycles. The van der Waals surface area contributed by atoms with E-state index in [0.717, 1.165) is 11.3 Å². The SMILES string of the molecule is CC(C)Oc1cccc([C@H](O)c2ccccn2)c1. The average molecular weight is 243 g/mol. The molecule has 2 rings (SSSR count). The van der Waals surface area contributed by atoms with Crippen molar-refractivity contribution in [3.8, 4) is 5.75 Å². The number of aliphatic hydroxyl groups is 1. The number of hydrogen-bond acceptors (Lipinski definition) is 3. The molecule has 0 saturated heterocycles. The first-order chi connectivity index (χ1) is 8.66. The van der Waals surface area contributed by atoms with Crippen molar-refractivity contribution in [2.45, 2.75) is 26.1 Å². The Kier molecular flexibility index (Phi) is 3.95. The summed E-state index contributed by atoms with van der Waals surface area (Å²) in [7, 11) is 0. The van der Waals surface area contributed by atoms with E-state index in [4.69, 9.17) is 4.74 Å². The summed E-state index contributed by atoms with van der Waals surface area (Å²) < 4.78 is 5.61. The Labute approximate surface area is 107 Å². The molecular formula is C15H17NO2. The van der Waals surface area contributed by atoms with Crippen LogP contribution < -0.4 is 4.74 Å². The first kappa shape index (κ1) is 12.6. The molecule has 1 heterocycles. The lowest BCUT2D eigenvalue weighted by molar-refractivity contribution is 0.212. The van der Waals surface area contributed by atoms with Gasteiger partial charge in [0, 0.05) is 6.20 Å². The Hall–Kier alpha value is -1.87. The highest BCUT2D eigenvalue weighted by Gasteiger charge is 2.12. The highest BCUT2D eigenvalue weighted by molar-refractivity contribution is 5.33. The van der Waals surface area contributed by atoms with Crippen molar-refractivity contribution in [1.29, 1.82) is 0 Å². The summed E-state index contributed by atoms with van der Waals surface area (Å²) in [5, 5.41) is 10.2. The van der Waals surface area contributed by atoms with Gasteiger partial charge in [-0.2, -0.15) is 0 Å². The van der Waals surface area contributed by atoms with Crippen molar-refractivity contribution >= 4 is 0 Å². The molecule has 0 aliphatic carbocycles.